The molecule has 0 radical (unpaired) electrons. The Bertz CT molecular complexity index is 1800. The molecular weight excluding hydrogens is 552 g/mol. The Morgan fingerprint density at radius 1 is 1.18 bits per heavy atom. The van der Waals surface area contributed by atoms with E-state index in [1.165, 1.54) is 34.8 Å². The quantitative estimate of drug-likeness (QED) is 0.228. The Balaban J connectivity index is 1.63. The summed E-state index contributed by atoms with van der Waals surface area (Å²) in [6.45, 7) is 5.52. The molecule has 4 aromatic rings. The van der Waals surface area contributed by atoms with Crippen LogP contribution >= 0.6 is 23.1 Å². The Hall–Kier alpha value is -4.16. The number of methoxy groups -OCH3 is 2. The number of hydrogen-bond acceptors (Lipinski definition) is 11. The summed E-state index contributed by atoms with van der Waals surface area (Å²) in [4.78, 5) is 40.8. The average Bonchev–Trinajstić information content (AvgIpc) is 3.50. The molecule has 0 spiro atoms. The molecule has 3 aromatic heterocycles. The molecule has 10 nitrogen and oxygen atoms in total. The molecule has 1 aromatic carbocycles. The van der Waals surface area contributed by atoms with Gasteiger partial charge in [-0.25, -0.2) is 19.8 Å². The van der Waals surface area contributed by atoms with Crippen LogP contribution in [0.2, 0.25) is 0 Å². The Morgan fingerprint density at radius 3 is 2.73 bits per heavy atom. The lowest BCUT2D eigenvalue weighted by atomic mass is 9.95. The number of allylic oxidation sites excluding steroid dienone is 1. The van der Waals surface area contributed by atoms with Crippen LogP contribution in [-0.4, -0.2) is 41.3 Å². The maximum atomic E-state index is 13.9. The third-order valence-electron chi connectivity index (χ3n) is 6.09. The first kappa shape index (κ1) is 27.4. The molecule has 5 rings (SSSR count). The van der Waals surface area contributed by atoms with Gasteiger partial charge in [-0.2, -0.15) is 0 Å². The van der Waals surface area contributed by atoms with Crippen LogP contribution in [0.4, 0.5) is 0 Å². The average molecular weight is 579 g/mol. The number of furan rings is 1. The Morgan fingerprint density at radius 2 is 2.00 bits per heavy atom. The monoisotopic (exact) mass is 578 g/mol. The third kappa shape index (κ3) is 5.32. The fourth-order valence-corrected chi connectivity index (χ4v) is 6.08. The number of benzene rings is 1. The molecule has 1 atom stereocenters. The molecule has 206 valence electrons. The highest BCUT2D eigenvalue weighted by atomic mass is 32.2. The molecule has 0 saturated heterocycles. The highest BCUT2D eigenvalue weighted by Crippen LogP contribution is 2.38. The van der Waals surface area contributed by atoms with Gasteiger partial charge in [-0.15, -0.1) is 0 Å². The molecule has 1 aliphatic heterocycles. The topological polar surface area (TPSA) is 118 Å². The van der Waals surface area contributed by atoms with E-state index in [1.807, 2.05) is 13.0 Å². The second-order valence-corrected chi connectivity index (χ2v) is 10.6. The zero-order valence-corrected chi connectivity index (χ0v) is 24.1. The second kappa shape index (κ2) is 11.5. The molecule has 40 heavy (non-hydrogen) atoms. The Kier molecular flexibility index (Phi) is 7.90. The first-order valence-corrected chi connectivity index (χ1v) is 13.9. The van der Waals surface area contributed by atoms with E-state index in [0.717, 1.165) is 5.69 Å². The van der Waals surface area contributed by atoms with Crippen molar-refractivity contribution < 1.29 is 23.4 Å². The predicted octanol–water partition coefficient (Wildman–Crippen LogP) is 3.66. The smallest absolute Gasteiger partial charge is 0.338 e. The molecule has 0 unspecified atom stereocenters. The summed E-state index contributed by atoms with van der Waals surface area (Å²) in [5.74, 6) is 0.966. The first-order chi connectivity index (χ1) is 19.3. The van der Waals surface area contributed by atoms with Crippen molar-refractivity contribution in [2.45, 2.75) is 37.1 Å². The van der Waals surface area contributed by atoms with Crippen molar-refractivity contribution in [1.82, 2.24) is 14.5 Å². The zero-order valence-electron chi connectivity index (χ0n) is 22.5. The van der Waals surface area contributed by atoms with Crippen molar-refractivity contribution in [3.63, 3.8) is 0 Å². The predicted molar refractivity (Wildman–Crippen MR) is 150 cm³/mol. The van der Waals surface area contributed by atoms with Gasteiger partial charge in [0.15, 0.2) is 15.1 Å². The molecule has 0 saturated carbocycles. The number of aryl methyl sites for hydroxylation is 1. The molecule has 0 amide bonds. The van der Waals surface area contributed by atoms with Gasteiger partial charge in [0.2, 0.25) is 0 Å². The number of carbonyl (C=O) groups excluding carboxylic acids is 1. The van der Waals surface area contributed by atoms with Crippen molar-refractivity contribution in [2.75, 3.05) is 20.8 Å². The number of thiazole rings is 1. The molecule has 0 aliphatic carbocycles. The highest BCUT2D eigenvalue weighted by Gasteiger charge is 2.35. The van der Waals surface area contributed by atoms with E-state index < -0.39 is 12.0 Å². The van der Waals surface area contributed by atoms with Crippen molar-refractivity contribution in [2.24, 2.45) is 4.99 Å². The van der Waals surface area contributed by atoms with E-state index in [-0.39, 0.29) is 17.7 Å². The van der Waals surface area contributed by atoms with Crippen LogP contribution in [0, 0.1) is 6.92 Å². The number of esters is 1. The number of nitrogens with zero attached hydrogens (tertiary/aromatic N) is 4. The van der Waals surface area contributed by atoms with Crippen LogP contribution in [-0.2, 0) is 9.53 Å². The van der Waals surface area contributed by atoms with E-state index in [4.69, 9.17) is 18.6 Å². The minimum atomic E-state index is -0.844. The lowest BCUT2D eigenvalue weighted by Crippen LogP contribution is -2.40. The summed E-state index contributed by atoms with van der Waals surface area (Å²) in [6.07, 6.45) is 3.35. The van der Waals surface area contributed by atoms with Gasteiger partial charge in [0, 0.05) is 23.5 Å². The van der Waals surface area contributed by atoms with Gasteiger partial charge in [0.1, 0.15) is 23.3 Å². The second-order valence-electron chi connectivity index (χ2n) is 8.65. The SMILES string of the molecule is CCOC(=O)C1=C(C)N=c2s/c(=C/c3ccc(Sc4nccc(C)n4)o3)c(=O)n2[C@@H]1c1cc(OC)ccc1OC. The molecule has 12 heteroatoms. The number of aromatic nitrogens is 3. The summed E-state index contributed by atoms with van der Waals surface area (Å²) < 4.78 is 24.3. The summed E-state index contributed by atoms with van der Waals surface area (Å²) >= 11 is 2.49. The lowest BCUT2D eigenvalue weighted by Gasteiger charge is -2.26. The van der Waals surface area contributed by atoms with Crippen LogP contribution in [0.3, 0.4) is 0 Å². The van der Waals surface area contributed by atoms with Crippen molar-refractivity contribution in [3.05, 3.63) is 90.6 Å². The number of fused-ring (bicyclic) bond motifs is 1. The lowest BCUT2D eigenvalue weighted by molar-refractivity contribution is -0.139. The van der Waals surface area contributed by atoms with Crippen molar-refractivity contribution >= 4 is 35.1 Å². The summed E-state index contributed by atoms with van der Waals surface area (Å²) in [6, 6.07) is 9.79. The number of carbonyl (C=O) groups is 1. The zero-order chi connectivity index (χ0) is 28.4. The van der Waals surface area contributed by atoms with E-state index in [1.54, 1.807) is 63.6 Å². The normalized spacial score (nSPS) is 15.0. The van der Waals surface area contributed by atoms with Crippen LogP contribution in [0.15, 0.2) is 78.3 Å². The summed E-state index contributed by atoms with van der Waals surface area (Å²) in [7, 11) is 3.08. The molecule has 1 aliphatic rings. The molecule has 0 bridgehead atoms. The molecule has 0 fully saturated rings. The van der Waals surface area contributed by atoms with Gasteiger partial charge < -0.3 is 18.6 Å². The maximum absolute atomic E-state index is 13.9. The largest absolute Gasteiger partial charge is 0.497 e. The maximum Gasteiger partial charge on any atom is 0.338 e. The molecule has 4 heterocycles. The number of ether oxygens (including phenoxy) is 3. The van der Waals surface area contributed by atoms with Crippen LogP contribution in [0.5, 0.6) is 11.5 Å². The summed E-state index contributed by atoms with van der Waals surface area (Å²) in [5, 5.41) is 1.15. The first-order valence-electron chi connectivity index (χ1n) is 12.3. The van der Waals surface area contributed by atoms with Gasteiger partial charge in [-0.05, 0) is 68.9 Å². The molecular formula is C28H26N4O6S2. The van der Waals surface area contributed by atoms with Gasteiger partial charge in [-0.1, -0.05) is 11.3 Å². The van der Waals surface area contributed by atoms with Crippen LogP contribution < -0.4 is 24.4 Å². The van der Waals surface area contributed by atoms with Crippen LogP contribution in [0.1, 0.15) is 36.9 Å². The van der Waals surface area contributed by atoms with E-state index in [0.29, 0.717) is 48.1 Å². The summed E-state index contributed by atoms with van der Waals surface area (Å²) in [5.41, 5.74) is 1.80. The van der Waals surface area contributed by atoms with E-state index in [9.17, 15) is 9.59 Å². The van der Waals surface area contributed by atoms with E-state index in [2.05, 4.69) is 15.0 Å². The van der Waals surface area contributed by atoms with Crippen molar-refractivity contribution in [1.29, 1.82) is 0 Å². The highest BCUT2D eigenvalue weighted by molar-refractivity contribution is 7.99. The molecule has 0 N–H and O–H groups in total. The van der Waals surface area contributed by atoms with E-state index >= 15 is 0 Å². The minimum absolute atomic E-state index is 0.175. The third-order valence-corrected chi connectivity index (χ3v) is 7.87. The standard InChI is InChI=1S/C28H26N4O6S2/c1-6-37-26(34)23-16(3)31-28-32(24(23)19-13-17(35-4)7-9-20(19)36-5)25(33)21(39-28)14-18-8-10-22(38-18)40-27-29-12-11-15(2)30-27/h7-14,24H,6H2,1-5H3/b21-14+/t24-/m1/s1. The fourth-order valence-electron chi connectivity index (χ4n) is 4.30. The van der Waals surface area contributed by atoms with Gasteiger partial charge in [0.25, 0.3) is 5.56 Å². The van der Waals surface area contributed by atoms with Gasteiger partial charge >= 0.3 is 5.97 Å². The van der Waals surface area contributed by atoms with Gasteiger partial charge in [0.05, 0.1) is 36.6 Å². The van der Waals surface area contributed by atoms with Crippen LogP contribution in [0.25, 0.3) is 6.08 Å². The van der Waals surface area contributed by atoms with Crippen molar-refractivity contribution in [3.8, 4) is 11.5 Å². The number of hydrogen-bond donors (Lipinski definition) is 0. The Labute approximate surface area is 237 Å². The minimum Gasteiger partial charge on any atom is -0.497 e. The number of rotatable bonds is 8. The van der Waals surface area contributed by atoms with Gasteiger partial charge in [-0.3, -0.25) is 9.36 Å². The fraction of sp³-hybridized carbons (Fsp3) is 0.250.